The minimum absolute atomic E-state index is 0.0759. The lowest BCUT2D eigenvalue weighted by atomic mass is 10.3. The Morgan fingerprint density at radius 2 is 1.73 bits per heavy atom. The molecule has 3 rings (SSSR count). The van der Waals surface area contributed by atoms with Crippen molar-refractivity contribution in [2.75, 3.05) is 13.2 Å². The van der Waals surface area contributed by atoms with E-state index in [1.165, 1.54) is 0 Å². The molecule has 7 heteroatoms. The molecule has 0 atom stereocenters. The number of rotatable bonds is 8. The number of ether oxygens (including phenoxy) is 2. The molecule has 1 heterocycles. The van der Waals surface area contributed by atoms with Gasteiger partial charge in [0.2, 0.25) is 0 Å². The molecule has 134 valence electrons. The fraction of sp³-hybridized carbons (Fsp3) is 0.211. The Labute approximate surface area is 151 Å². The van der Waals surface area contributed by atoms with Crippen LogP contribution in [0, 0.1) is 0 Å². The molecule has 0 spiro atoms. The molecular formula is C19H20N4O3. The smallest absolute Gasteiger partial charge is 0.258 e. The van der Waals surface area contributed by atoms with Crippen molar-refractivity contribution in [2.45, 2.75) is 13.5 Å². The molecule has 0 bridgehead atoms. The normalized spacial score (nSPS) is 10.3. The summed E-state index contributed by atoms with van der Waals surface area (Å²) in [6, 6.07) is 16.8. The summed E-state index contributed by atoms with van der Waals surface area (Å²) >= 11 is 0. The average molecular weight is 352 g/mol. The SMILES string of the molecule is CCOc1ccc(OCC(=O)NCc2nncn2-c2ccccc2)cc1. The van der Waals surface area contributed by atoms with Crippen molar-refractivity contribution in [1.29, 1.82) is 0 Å². The lowest BCUT2D eigenvalue weighted by molar-refractivity contribution is -0.123. The Hall–Kier alpha value is -3.35. The molecule has 2 aromatic carbocycles. The first-order valence-corrected chi connectivity index (χ1v) is 8.33. The molecule has 1 N–H and O–H groups in total. The van der Waals surface area contributed by atoms with Gasteiger partial charge in [-0.25, -0.2) is 0 Å². The van der Waals surface area contributed by atoms with E-state index in [9.17, 15) is 4.79 Å². The molecular weight excluding hydrogens is 332 g/mol. The summed E-state index contributed by atoms with van der Waals surface area (Å²) in [5.41, 5.74) is 0.937. The van der Waals surface area contributed by atoms with E-state index in [-0.39, 0.29) is 19.1 Å². The number of nitrogens with one attached hydrogen (secondary N) is 1. The van der Waals surface area contributed by atoms with E-state index in [1.54, 1.807) is 30.6 Å². The van der Waals surface area contributed by atoms with Gasteiger partial charge in [0.15, 0.2) is 12.4 Å². The number of aromatic nitrogens is 3. The van der Waals surface area contributed by atoms with Gasteiger partial charge < -0.3 is 14.8 Å². The van der Waals surface area contributed by atoms with Gasteiger partial charge in [-0.05, 0) is 43.3 Å². The van der Waals surface area contributed by atoms with E-state index in [2.05, 4.69) is 15.5 Å². The zero-order valence-electron chi connectivity index (χ0n) is 14.5. The highest BCUT2D eigenvalue weighted by Gasteiger charge is 2.09. The van der Waals surface area contributed by atoms with Crippen LogP contribution in [0.1, 0.15) is 12.7 Å². The number of nitrogens with zero attached hydrogens (tertiary/aromatic N) is 3. The fourth-order valence-corrected chi connectivity index (χ4v) is 2.36. The third kappa shape index (κ3) is 4.60. The van der Waals surface area contributed by atoms with Crippen LogP contribution in [0.5, 0.6) is 11.5 Å². The number of hydrogen-bond acceptors (Lipinski definition) is 5. The Morgan fingerprint density at radius 3 is 2.42 bits per heavy atom. The summed E-state index contributed by atoms with van der Waals surface area (Å²) in [7, 11) is 0. The number of hydrogen-bond donors (Lipinski definition) is 1. The van der Waals surface area contributed by atoms with Crippen LogP contribution in [0.15, 0.2) is 60.9 Å². The molecule has 0 aliphatic heterocycles. The second-order valence-corrected chi connectivity index (χ2v) is 5.42. The number of benzene rings is 2. The molecule has 0 aliphatic rings. The average Bonchev–Trinajstić information content (AvgIpc) is 3.15. The minimum Gasteiger partial charge on any atom is -0.494 e. The Kier molecular flexibility index (Phi) is 5.82. The van der Waals surface area contributed by atoms with Crippen LogP contribution >= 0.6 is 0 Å². The second-order valence-electron chi connectivity index (χ2n) is 5.42. The maximum absolute atomic E-state index is 12.0. The second kappa shape index (κ2) is 8.66. The quantitative estimate of drug-likeness (QED) is 0.673. The summed E-state index contributed by atoms with van der Waals surface area (Å²) in [5.74, 6) is 1.78. The summed E-state index contributed by atoms with van der Waals surface area (Å²) < 4.78 is 12.7. The lowest BCUT2D eigenvalue weighted by Gasteiger charge is -2.09. The fourth-order valence-electron chi connectivity index (χ4n) is 2.36. The predicted octanol–water partition coefficient (Wildman–Crippen LogP) is 2.36. The lowest BCUT2D eigenvalue weighted by Crippen LogP contribution is -2.29. The van der Waals surface area contributed by atoms with Crippen LogP contribution in [-0.4, -0.2) is 33.9 Å². The molecule has 26 heavy (non-hydrogen) atoms. The van der Waals surface area contributed by atoms with Gasteiger partial charge in [0.1, 0.15) is 17.8 Å². The largest absolute Gasteiger partial charge is 0.494 e. The number of carbonyl (C=O) groups excluding carboxylic acids is 1. The van der Waals surface area contributed by atoms with Crippen molar-refractivity contribution in [1.82, 2.24) is 20.1 Å². The van der Waals surface area contributed by atoms with Gasteiger partial charge in [-0.1, -0.05) is 18.2 Å². The summed E-state index contributed by atoms with van der Waals surface area (Å²) in [4.78, 5) is 12.0. The van der Waals surface area contributed by atoms with Crippen molar-refractivity contribution >= 4 is 5.91 Å². The van der Waals surface area contributed by atoms with Gasteiger partial charge in [0.25, 0.3) is 5.91 Å². The molecule has 0 radical (unpaired) electrons. The van der Waals surface area contributed by atoms with E-state index in [4.69, 9.17) is 9.47 Å². The highest BCUT2D eigenvalue weighted by molar-refractivity contribution is 5.77. The van der Waals surface area contributed by atoms with Gasteiger partial charge in [0.05, 0.1) is 13.2 Å². The number of carbonyl (C=O) groups is 1. The van der Waals surface area contributed by atoms with Crippen molar-refractivity contribution < 1.29 is 14.3 Å². The Morgan fingerprint density at radius 1 is 1.04 bits per heavy atom. The van der Waals surface area contributed by atoms with Crippen LogP contribution in [0.2, 0.25) is 0 Å². The monoisotopic (exact) mass is 352 g/mol. The van der Waals surface area contributed by atoms with Crippen LogP contribution in [0.3, 0.4) is 0 Å². The van der Waals surface area contributed by atoms with Crippen LogP contribution in [-0.2, 0) is 11.3 Å². The first-order chi connectivity index (χ1) is 12.8. The molecule has 7 nitrogen and oxygen atoms in total. The van der Waals surface area contributed by atoms with Crippen molar-refractivity contribution in [2.24, 2.45) is 0 Å². The van der Waals surface area contributed by atoms with E-state index >= 15 is 0 Å². The van der Waals surface area contributed by atoms with E-state index in [0.717, 1.165) is 11.4 Å². The van der Waals surface area contributed by atoms with Crippen molar-refractivity contribution in [3.63, 3.8) is 0 Å². The summed E-state index contributed by atoms with van der Waals surface area (Å²) in [6.07, 6.45) is 1.62. The molecule has 0 saturated heterocycles. The summed E-state index contributed by atoms with van der Waals surface area (Å²) in [5, 5.41) is 10.8. The minimum atomic E-state index is -0.235. The molecule has 1 aromatic heterocycles. The molecule has 0 aliphatic carbocycles. The number of amides is 1. The molecule has 0 saturated carbocycles. The van der Waals surface area contributed by atoms with Gasteiger partial charge in [0, 0.05) is 5.69 Å². The Balaban J connectivity index is 1.50. The van der Waals surface area contributed by atoms with Crippen LogP contribution in [0.4, 0.5) is 0 Å². The highest BCUT2D eigenvalue weighted by atomic mass is 16.5. The third-order valence-electron chi connectivity index (χ3n) is 3.60. The molecule has 1 amide bonds. The van der Waals surface area contributed by atoms with E-state index in [0.29, 0.717) is 18.2 Å². The van der Waals surface area contributed by atoms with Gasteiger partial charge in [-0.15, -0.1) is 10.2 Å². The van der Waals surface area contributed by atoms with Crippen molar-refractivity contribution in [3.8, 4) is 17.2 Å². The first kappa shape index (κ1) is 17.5. The van der Waals surface area contributed by atoms with E-state index in [1.807, 2.05) is 41.8 Å². The van der Waals surface area contributed by atoms with Gasteiger partial charge in [-0.2, -0.15) is 0 Å². The zero-order valence-corrected chi connectivity index (χ0v) is 14.5. The van der Waals surface area contributed by atoms with Crippen molar-refractivity contribution in [3.05, 3.63) is 66.7 Å². The van der Waals surface area contributed by atoms with Gasteiger partial charge in [-0.3, -0.25) is 9.36 Å². The molecule has 3 aromatic rings. The zero-order chi connectivity index (χ0) is 18.2. The van der Waals surface area contributed by atoms with Crippen LogP contribution in [0.25, 0.3) is 5.69 Å². The Bertz CT molecular complexity index is 832. The molecule has 0 fully saturated rings. The van der Waals surface area contributed by atoms with Crippen LogP contribution < -0.4 is 14.8 Å². The number of para-hydroxylation sites is 1. The standard InChI is InChI=1S/C19H20N4O3/c1-2-25-16-8-10-17(11-9-16)26-13-19(24)20-12-18-22-21-14-23(18)15-6-4-3-5-7-15/h3-11,14H,2,12-13H2,1H3,(H,20,24). The maximum Gasteiger partial charge on any atom is 0.258 e. The topological polar surface area (TPSA) is 78.3 Å². The predicted molar refractivity (Wildman–Crippen MR) is 96.3 cm³/mol. The van der Waals surface area contributed by atoms with E-state index < -0.39 is 0 Å². The first-order valence-electron chi connectivity index (χ1n) is 8.33. The molecule has 0 unspecified atom stereocenters. The van der Waals surface area contributed by atoms with Gasteiger partial charge >= 0.3 is 0 Å². The summed E-state index contributed by atoms with van der Waals surface area (Å²) in [6.45, 7) is 2.72. The maximum atomic E-state index is 12.0. The third-order valence-corrected chi connectivity index (χ3v) is 3.60. The highest BCUT2D eigenvalue weighted by Crippen LogP contribution is 2.17.